The Balaban J connectivity index is 1.43. The quantitative estimate of drug-likeness (QED) is 0.368. The van der Waals surface area contributed by atoms with Crippen LogP contribution in [0.25, 0.3) is 11.3 Å². The highest BCUT2D eigenvalue weighted by atomic mass is 32.2. The molecule has 39 heavy (non-hydrogen) atoms. The summed E-state index contributed by atoms with van der Waals surface area (Å²) in [5.41, 5.74) is 4.31. The number of anilines is 1. The normalized spacial score (nSPS) is 15.4. The molecule has 202 valence electrons. The molecule has 0 saturated carbocycles. The minimum atomic E-state index is -3.99. The van der Waals surface area contributed by atoms with Gasteiger partial charge in [-0.2, -0.15) is 10.1 Å². The van der Waals surface area contributed by atoms with Gasteiger partial charge in [-0.3, -0.25) is 14.5 Å². The van der Waals surface area contributed by atoms with Crippen LogP contribution in [0.1, 0.15) is 33.7 Å². The Morgan fingerprint density at radius 2 is 1.85 bits per heavy atom. The number of benzene rings is 1. The molecule has 0 spiro atoms. The zero-order valence-corrected chi connectivity index (χ0v) is 22.8. The third-order valence-electron chi connectivity index (χ3n) is 6.38. The molecule has 1 unspecified atom stereocenters. The molecule has 1 aromatic carbocycles. The van der Waals surface area contributed by atoms with Gasteiger partial charge in [0.2, 0.25) is 11.8 Å². The monoisotopic (exact) mass is 548 g/mol. The highest BCUT2D eigenvalue weighted by Crippen LogP contribution is 2.30. The molecule has 12 nitrogen and oxygen atoms in total. The van der Waals surface area contributed by atoms with Gasteiger partial charge >= 0.3 is 0 Å². The topological polar surface area (TPSA) is 145 Å². The maximum atomic E-state index is 13.0. The van der Waals surface area contributed by atoms with Crippen LogP contribution in [0.4, 0.5) is 5.95 Å². The second-order valence-electron chi connectivity index (χ2n) is 9.46. The van der Waals surface area contributed by atoms with Crippen LogP contribution in [0, 0.1) is 20.8 Å². The number of nitrogens with zero attached hydrogens (tertiary/aromatic N) is 7. The summed E-state index contributed by atoms with van der Waals surface area (Å²) in [6, 6.07) is 7.55. The third-order valence-corrected chi connectivity index (χ3v) is 7.66. The van der Waals surface area contributed by atoms with Crippen molar-refractivity contribution in [1.82, 2.24) is 34.6 Å². The number of aromatic nitrogens is 6. The number of hydrogen-bond donors (Lipinski definition) is 1. The lowest BCUT2D eigenvalue weighted by atomic mass is 10.00. The summed E-state index contributed by atoms with van der Waals surface area (Å²) in [5.74, 6) is -0.159. The smallest absolute Gasteiger partial charge is 0.274 e. The van der Waals surface area contributed by atoms with E-state index in [1.165, 1.54) is 23.3 Å². The fraction of sp³-hybridized carbons (Fsp3) is 0.308. The largest absolute Gasteiger partial charge is 0.472 e. The second kappa shape index (κ2) is 10.4. The lowest BCUT2D eigenvalue weighted by Gasteiger charge is -2.18. The number of ether oxygens (including phenoxy) is 1. The minimum Gasteiger partial charge on any atom is -0.472 e. The number of carbonyl (C=O) groups excluding carboxylic acids is 1. The number of hydrogen-bond acceptors (Lipinski definition) is 9. The third kappa shape index (κ3) is 5.72. The van der Waals surface area contributed by atoms with Crippen LogP contribution >= 0.6 is 0 Å². The molecular formula is C26H28N8O4S. The number of sulfonamides is 1. The van der Waals surface area contributed by atoms with E-state index in [4.69, 9.17) is 4.74 Å². The van der Waals surface area contributed by atoms with Gasteiger partial charge in [0.15, 0.2) is 0 Å². The van der Waals surface area contributed by atoms with E-state index >= 15 is 0 Å². The van der Waals surface area contributed by atoms with Crippen LogP contribution in [0.15, 0.2) is 53.9 Å². The predicted octanol–water partition coefficient (Wildman–Crippen LogP) is 2.69. The molecule has 0 aliphatic carbocycles. The first-order valence-corrected chi connectivity index (χ1v) is 13.8. The van der Waals surface area contributed by atoms with Crippen molar-refractivity contribution in [1.29, 1.82) is 0 Å². The lowest BCUT2D eigenvalue weighted by Crippen LogP contribution is -2.31. The van der Waals surface area contributed by atoms with Crippen molar-refractivity contribution in [3.8, 4) is 17.1 Å². The maximum Gasteiger partial charge on any atom is 0.274 e. The van der Waals surface area contributed by atoms with E-state index in [1.807, 2.05) is 32.0 Å². The van der Waals surface area contributed by atoms with Gasteiger partial charge in [0, 0.05) is 44.0 Å². The number of aryl methyl sites for hydroxylation is 4. The van der Waals surface area contributed by atoms with Crippen molar-refractivity contribution in [2.45, 2.75) is 38.2 Å². The molecule has 1 fully saturated rings. The Hall–Kier alpha value is -4.39. The molecule has 3 aromatic heterocycles. The first-order valence-electron chi connectivity index (χ1n) is 12.3. The Morgan fingerprint density at radius 3 is 2.51 bits per heavy atom. The highest BCUT2D eigenvalue weighted by Gasteiger charge is 2.30. The summed E-state index contributed by atoms with van der Waals surface area (Å²) in [7, 11) is -2.36. The van der Waals surface area contributed by atoms with E-state index in [1.54, 1.807) is 31.1 Å². The van der Waals surface area contributed by atoms with Gasteiger partial charge in [-0.1, -0.05) is 18.2 Å². The van der Waals surface area contributed by atoms with Crippen molar-refractivity contribution >= 4 is 21.9 Å². The van der Waals surface area contributed by atoms with Crippen LogP contribution in [0.2, 0.25) is 0 Å². The fourth-order valence-electron chi connectivity index (χ4n) is 4.44. The number of rotatable bonds is 7. The van der Waals surface area contributed by atoms with E-state index in [0.29, 0.717) is 25.2 Å². The van der Waals surface area contributed by atoms with E-state index in [-0.39, 0.29) is 34.4 Å². The Kier molecular flexibility index (Phi) is 7.00. The van der Waals surface area contributed by atoms with E-state index in [2.05, 4.69) is 29.8 Å². The molecule has 1 amide bonds. The minimum absolute atomic E-state index is 0.0160. The van der Waals surface area contributed by atoms with Crippen LogP contribution < -0.4 is 9.46 Å². The van der Waals surface area contributed by atoms with E-state index in [9.17, 15) is 13.2 Å². The second-order valence-corrected chi connectivity index (χ2v) is 11.1. The molecule has 1 atom stereocenters. The van der Waals surface area contributed by atoms with Crippen molar-refractivity contribution in [2.75, 3.05) is 17.8 Å². The van der Waals surface area contributed by atoms with Gasteiger partial charge in [0.05, 0.1) is 30.3 Å². The average molecular weight is 549 g/mol. The molecule has 1 aliphatic rings. The fourth-order valence-corrected chi connectivity index (χ4v) is 5.37. The molecule has 13 heteroatoms. The summed E-state index contributed by atoms with van der Waals surface area (Å²) in [5, 5.41) is 3.94. The zero-order chi connectivity index (χ0) is 27.7. The standard InChI is InChI=1S/C26H28N8O4S/c1-16-6-5-7-17(2)24(16)21-10-23(31-26(30-21)32-39(36,37)20-12-29-33(4)15-20)38-19-8-9-34(14-19)25(35)22-13-27-18(3)11-28-22/h5-7,10-13,15,19H,8-9,14H2,1-4H3,(H,30,31,32). The van der Waals surface area contributed by atoms with Crippen LogP contribution in [-0.4, -0.2) is 68.1 Å². The molecule has 1 aliphatic heterocycles. The molecule has 1 saturated heterocycles. The molecule has 1 N–H and O–H groups in total. The van der Waals surface area contributed by atoms with Gasteiger partial charge in [-0.05, 0) is 31.9 Å². The number of nitrogens with one attached hydrogen (secondary N) is 1. The number of amides is 1. The summed E-state index contributed by atoms with van der Waals surface area (Å²) in [6.07, 6.45) is 5.88. The number of carbonyl (C=O) groups is 1. The summed E-state index contributed by atoms with van der Waals surface area (Å²) in [6.45, 7) is 6.53. The first kappa shape index (κ1) is 26.2. The molecule has 5 rings (SSSR count). The summed E-state index contributed by atoms with van der Waals surface area (Å²) >= 11 is 0. The van der Waals surface area contributed by atoms with Crippen molar-refractivity contribution in [2.24, 2.45) is 7.05 Å². The van der Waals surface area contributed by atoms with Crippen LogP contribution in [0.5, 0.6) is 5.88 Å². The van der Waals surface area contributed by atoms with E-state index < -0.39 is 10.0 Å². The Labute approximate surface area is 226 Å². The molecule has 0 radical (unpaired) electrons. The van der Waals surface area contributed by atoms with Crippen molar-refractivity contribution < 1.29 is 17.9 Å². The van der Waals surface area contributed by atoms with Crippen molar-refractivity contribution in [3.05, 3.63) is 71.6 Å². The molecular weight excluding hydrogens is 520 g/mol. The summed E-state index contributed by atoms with van der Waals surface area (Å²) < 4.78 is 36.0. The van der Waals surface area contributed by atoms with E-state index in [0.717, 1.165) is 22.4 Å². The Bertz CT molecular complexity index is 1620. The summed E-state index contributed by atoms with van der Waals surface area (Å²) in [4.78, 5) is 31.7. The molecule has 4 aromatic rings. The zero-order valence-electron chi connectivity index (χ0n) is 22.0. The van der Waals surface area contributed by atoms with Crippen molar-refractivity contribution in [3.63, 3.8) is 0 Å². The average Bonchev–Trinajstić information content (AvgIpc) is 3.53. The van der Waals surface area contributed by atoms with Gasteiger partial charge in [-0.15, -0.1) is 0 Å². The Morgan fingerprint density at radius 1 is 1.08 bits per heavy atom. The lowest BCUT2D eigenvalue weighted by molar-refractivity contribution is 0.0765. The van der Waals surface area contributed by atoms with Gasteiger partial charge in [-0.25, -0.2) is 23.1 Å². The van der Waals surface area contributed by atoms with Crippen LogP contribution in [-0.2, 0) is 17.1 Å². The highest BCUT2D eigenvalue weighted by molar-refractivity contribution is 7.92. The SMILES string of the molecule is Cc1cnc(C(=O)N2CCC(Oc3cc(-c4c(C)cccc4C)nc(NS(=O)(=O)c4cnn(C)c4)n3)C2)cn1. The predicted molar refractivity (Wildman–Crippen MR) is 143 cm³/mol. The van der Waals surface area contributed by atoms with Crippen LogP contribution in [0.3, 0.4) is 0 Å². The van der Waals surface area contributed by atoms with Gasteiger partial charge < -0.3 is 9.64 Å². The molecule has 0 bridgehead atoms. The maximum absolute atomic E-state index is 13.0. The van der Waals surface area contributed by atoms with Gasteiger partial charge in [0.1, 0.15) is 16.7 Å². The first-order chi connectivity index (χ1) is 18.6. The molecule has 4 heterocycles. The van der Waals surface area contributed by atoms with Gasteiger partial charge in [0.25, 0.3) is 15.9 Å². The number of likely N-dealkylation sites (tertiary alicyclic amines) is 1.